The number of ether oxygens (including phenoxy) is 1. The number of carbonyl (C=O) groups is 2. The Bertz CT molecular complexity index is 1150. The van der Waals surface area contributed by atoms with Crippen molar-refractivity contribution in [3.05, 3.63) is 99.5 Å². The maximum atomic E-state index is 13.7. The van der Waals surface area contributed by atoms with E-state index >= 15 is 0 Å². The Labute approximate surface area is 223 Å². The summed E-state index contributed by atoms with van der Waals surface area (Å²) in [6.45, 7) is 9.94. The van der Waals surface area contributed by atoms with Crippen molar-refractivity contribution >= 4 is 27.7 Å². The fraction of sp³-hybridized carbons (Fsp3) is 0.333. The molecule has 0 radical (unpaired) electrons. The molecule has 0 aliphatic rings. The van der Waals surface area contributed by atoms with Crippen molar-refractivity contribution in [2.45, 2.75) is 59.2 Å². The Morgan fingerprint density at radius 3 is 2.11 bits per heavy atom. The smallest absolute Gasteiger partial charge is 0.261 e. The SMILES string of the molecule is Cc1cc(C)cc(OCC(=O)N(Cc2ccc(Br)cc2)[C@H](Cc2ccccc2)C(=O)NC(C)(C)C)c1. The lowest BCUT2D eigenvalue weighted by atomic mass is 10.0. The summed E-state index contributed by atoms with van der Waals surface area (Å²) in [5.41, 5.74) is 3.61. The molecule has 5 nitrogen and oxygen atoms in total. The average Bonchev–Trinajstić information content (AvgIpc) is 2.80. The zero-order valence-electron chi connectivity index (χ0n) is 21.7. The first-order chi connectivity index (χ1) is 17.0. The third-order valence-corrected chi connectivity index (χ3v) is 6.12. The predicted molar refractivity (Wildman–Crippen MR) is 148 cm³/mol. The molecule has 1 atom stereocenters. The number of hydrogen-bond acceptors (Lipinski definition) is 3. The molecule has 3 rings (SSSR count). The highest BCUT2D eigenvalue weighted by Gasteiger charge is 2.32. The first-order valence-corrected chi connectivity index (χ1v) is 12.9. The van der Waals surface area contributed by atoms with E-state index in [1.807, 2.05) is 101 Å². The van der Waals surface area contributed by atoms with E-state index in [2.05, 4.69) is 27.3 Å². The van der Waals surface area contributed by atoms with Crippen molar-refractivity contribution in [1.82, 2.24) is 10.2 Å². The third kappa shape index (κ3) is 8.52. The van der Waals surface area contributed by atoms with Crippen molar-refractivity contribution in [3.8, 4) is 5.75 Å². The van der Waals surface area contributed by atoms with Crippen LogP contribution in [-0.4, -0.2) is 34.9 Å². The van der Waals surface area contributed by atoms with Gasteiger partial charge in [-0.05, 0) is 81.1 Å². The molecule has 0 saturated carbocycles. The van der Waals surface area contributed by atoms with Crippen LogP contribution < -0.4 is 10.1 Å². The number of rotatable bonds is 9. The molecule has 0 fully saturated rings. The summed E-state index contributed by atoms with van der Waals surface area (Å²) in [5, 5.41) is 3.08. The standard InChI is InChI=1S/C30H35BrN2O3/c1-21-15-22(2)17-26(16-21)36-20-28(34)33(19-24-11-13-25(31)14-12-24)27(29(35)32-30(3,4)5)18-23-9-7-6-8-10-23/h6-17,27H,18-20H2,1-5H3,(H,32,35)/t27-/m1/s1. The minimum Gasteiger partial charge on any atom is -0.484 e. The van der Waals surface area contributed by atoms with Gasteiger partial charge in [-0.15, -0.1) is 0 Å². The maximum Gasteiger partial charge on any atom is 0.261 e. The molecule has 0 saturated heterocycles. The van der Waals surface area contributed by atoms with Crippen LogP contribution in [0.2, 0.25) is 0 Å². The number of halogens is 1. The Kier molecular flexibility index (Phi) is 9.32. The maximum absolute atomic E-state index is 13.7. The number of carbonyl (C=O) groups excluding carboxylic acids is 2. The monoisotopic (exact) mass is 550 g/mol. The summed E-state index contributed by atoms with van der Waals surface area (Å²) in [6.07, 6.45) is 0.397. The van der Waals surface area contributed by atoms with Gasteiger partial charge in [0.2, 0.25) is 5.91 Å². The molecule has 0 aromatic heterocycles. The zero-order valence-corrected chi connectivity index (χ0v) is 23.3. The number of nitrogens with one attached hydrogen (secondary N) is 1. The molecule has 0 bridgehead atoms. The highest BCUT2D eigenvalue weighted by molar-refractivity contribution is 9.10. The topological polar surface area (TPSA) is 58.6 Å². The van der Waals surface area contributed by atoms with Gasteiger partial charge in [0, 0.05) is 23.0 Å². The molecule has 36 heavy (non-hydrogen) atoms. The Morgan fingerprint density at radius 1 is 0.917 bits per heavy atom. The van der Waals surface area contributed by atoms with Gasteiger partial charge in [0.25, 0.3) is 5.91 Å². The average molecular weight is 552 g/mol. The molecule has 6 heteroatoms. The summed E-state index contributed by atoms with van der Waals surface area (Å²) in [6, 6.07) is 22.7. The van der Waals surface area contributed by atoms with Crippen LogP contribution in [-0.2, 0) is 22.6 Å². The Hall–Kier alpha value is -3.12. The lowest BCUT2D eigenvalue weighted by Gasteiger charge is -2.33. The van der Waals surface area contributed by atoms with E-state index in [9.17, 15) is 9.59 Å². The van der Waals surface area contributed by atoms with Crippen LogP contribution >= 0.6 is 15.9 Å². The van der Waals surface area contributed by atoms with E-state index in [1.54, 1.807) is 4.90 Å². The molecule has 1 N–H and O–H groups in total. The van der Waals surface area contributed by atoms with E-state index in [4.69, 9.17) is 4.74 Å². The van der Waals surface area contributed by atoms with Crippen molar-refractivity contribution in [1.29, 1.82) is 0 Å². The summed E-state index contributed by atoms with van der Waals surface area (Å²) < 4.78 is 6.87. The second-order valence-electron chi connectivity index (χ2n) is 10.2. The van der Waals surface area contributed by atoms with Crippen molar-refractivity contribution in [2.24, 2.45) is 0 Å². The number of amides is 2. The third-order valence-electron chi connectivity index (χ3n) is 5.59. The van der Waals surface area contributed by atoms with Gasteiger partial charge in [-0.1, -0.05) is 64.5 Å². The lowest BCUT2D eigenvalue weighted by Crippen LogP contribution is -2.55. The van der Waals surface area contributed by atoms with Crippen LogP contribution in [0.25, 0.3) is 0 Å². The quantitative estimate of drug-likeness (QED) is 0.355. The molecule has 3 aromatic rings. The van der Waals surface area contributed by atoms with Crippen LogP contribution in [0.1, 0.15) is 43.0 Å². The molecule has 3 aromatic carbocycles. The Balaban J connectivity index is 1.93. The van der Waals surface area contributed by atoms with Gasteiger partial charge in [-0.25, -0.2) is 0 Å². The Morgan fingerprint density at radius 2 is 1.53 bits per heavy atom. The normalized spacial score (nSPS) is 12.1. The molecular weight excluding hydrogens is 516 g/mol. The zero-order chi connectivity index (χ0) is 26.3. The molecular formula is C30H35BrN2O3. The second kappa shape index (κ2) is 12.2. The molecule has 190 valence electrons. The highest BCUT2D eigenvalue weighted by atomic mass is 79.9. The van der Waals surface area contributed by atoms with E-state index in [-0.39, 0.29) is 25.0 Å². The van der Waals surface area contributed by atoms with Gasteiger partial charge in [0.05, 0.1) is 0 Å². The second-order valence-corrected chi connectivity index (χ2v) is 11.1. The van der Waals surface area contributed by atoms with Gasteiger partial charge in [-0.3, -0.25) is 9.59 Å². The van der Waals surface area contributed by atoms with Crippen LogP contribution in [0, 0.1) is 13.8 Å². The largest absolute Gasteiger partial charge is 0.484 e. The summed E-state index contributed by atoms with van der Waals surface area (Å²) >= 11 is 3.47. The minimum atomic E-state index is -0.703. The van der Waals surface area contributed by atoms with E-state index in [0.29, 0.717) is 12.2 Å². The molecule has 0 aliphatic carbocycles. The van der Waals surface area contributed by atoms with Crippen LogP contribution in [0.5, 0.6) is 5.75 Å². The van der Waals surface area contributed by atoms with Gasteiger partial charge in [0.15, 0.2) is 6.61 Å². The van der Waals surface area contributed by atoms with Crippen LogP contribution in [0.3, 0.4) is 0 Å². The van der Waals surface area contributed by atoms with Crippen molar-refractivity contribution < 1.29 is 14.3 Å². The van der Waals surface area contributed by atoms with Gasteiger partial charge >= 0.3 is 0 Å². The predicted octanol–water partition coefficient (Wildman–Crippen LogP) is 6.00. The van der Waals surface area contributed by atoms with Crippen LogP contribution in [0.15, 0.2) is 77.3 Å². The summed E-state index contributed by atoms with van der Waals surface area (Å²) in [4.78, 5) is 28.9. The molecule has 0 spiro atoms. The minimum absolute atomic E-state index is 0.159. The summed E-state index contributed by atoms with van der Waals surface area (Å²) in [7, 11) is 0. The van der Waals surface area contributed by atoms with E-state index in [1.165, 1.54) is 0 Å². The van der Waals surface area contributed by atoms with E-state index < -0.39 is 11.6 Å². The molecule has 0 unspecified atom stereocenters. The number of hydrogen-bond donors (Lipinski definition) is 1. The van der Waals surface area contributed by atoms with Crippen molar-refractivity contribution in [3.63, 3.8) is 0 Å². The lowest BCUT2D eigenvalue weighted by molar-refractivity contribution is -0.143. The molecule has 0 aliphatic heterocycles. The van der Waals surface area contributed by atoms with Gasteiger partial charge in [-0.2, -0.15) is 0 Å². The molecule has 0 heterocycles. The number of benzene rings is 3. The van der Waals surface area contributed by atoms with Gasteiger partial charge in [0.1, 0.15) is 11.8 Å². The summed E-state index contributed by atoms with van der Waals surface area (Å²) in [5.74, 6) is 0.202. The fourth-order valence-electron chi connectivity index (χ4n) is 4.04. The van der Waals surface area contributed by atoms with Crippen molar-refractivity contribution in [2.75, 3.05) is 6.61 Å². The molecule has 2 amide bonds. The van der Waals surface area contributed by atoms with E-state index in [0.717, 1.165) is 26.7 Å². The first-order valence-electron chi connectivity index (χ1n) is 12.1. The number of aryl methyl sites for hydroxylation is 2. The first kappa shape index (κ1) is 27.5. The van der Waals surface area contributed by atoms with Crippen LogP contribution in [0.4, 0.5) is 0 Å². The number of nitrogens with zero attached hydrogens (tertiary/aromatic N) is 1. The van der Waals surface area contributed by atoms with Gasteiger partial charge < -0.3 is 15.0 Å². The highest BCUT2D eigenvalue weighted by Crippen LogP contribution is 2.20. The fourth-order valence-corrected chi connectivity index (χ4v) is 4.30.